The minimum Gasteiger partial charge on any atom is -0.444 e. The zero-order chi connectivity index (χ0) is 13.2. The van der Waals surface area contributed by atoms with E-state index in [1.807, 2.05) is 0 Å². The highest BCUT2D eigenvalue weighted by Gasteiger charge is 2.36. The van der Waals surface area contributed by atoms with Crippen LogP contribution in [-0.4, -0.2) is 38.8 Å². The minimum atomic E-state index is -0.674. The van der Waals surface area contributed by atoms with Crippen molar-refractivity contribution in [2.45, 2.75) is 45.3 Å². The fourth-order valence-electron chi connectivity index (χ4n) is 1.57. The summed E-state index contributed by atoms with van der Waals surface area (Å²) in [4.78, 5) is 35.9. The van der Waals surface area contributed by atoms with Crippen molar-refractivity contribution in [2.75, 3.05) is 6.54 Å². The van der Waals surface area contributed by atoms with Crippen molar-refractivity contribution in [1.82, 2.24) is 4.90 Å². The number of ether oxygens (including phenoxy) is 1. The summed E-state index contributed by atoms with van der Waals surface area (Å²) in [5, 5.41) is 0. The lowest BCUT2D eigenvalue weighted by atomic mass is 10.0. The van der Waals surface area contributed by atoms with Crippen molar-refractivity contribution in [3.63, 3.8) is 0 Å². The number of carbonyl (C=O) groups excluding carboxylic acids is 3. The van der Waals surface area contributed by atoms with Gasteiger partial charge in [-0.25, -0.2) is 4.79 Å². The molecule has 1 heterocycles. The van der Waals surface area contributed by atoms with E-state index in [1.54, 1.807) is 43.4 Å². The molecule has 0 aromatic carbocycles. The summed E-state index contributed by atoms with van der Waals surface area (Å²) in [5.74, 6) is 0.0137. The molecular weight excluding hydrogens is 337 g/mol. The maximum atomic E-state index is 11.9. The van der Waals surface area contributed by atoms with Crippen molar-refractivity contribution >= 4 is 38.3 Å². The molecular formula is C11H16INO4. The number of rotatable bonds is 1. The highest BCUT2D eigenvalue weighted by atomic mass is 127. The number of hydrogen-bond acceptors (Lipinski definition) is 4. The van der Waals surface area contributed by atoms with Crippen LogP contribution in [0.5, 0.6) is 0 Å². The Balaban J connectivity index is 2.76. The van der Waals surface area contributed by atoms with Gasteiger partial charge in [-0.1, -0.05) is 0 Å². The van der Waals surface area contributed by atoms with Gasteiger partial charge in [0.1, 0.15) is 17.4 Å². The monoisotopic (exact) mass is 353 g/mol. The number of piperidine rings is 1. The van der Waals surface area contributed by atoms with Crippen LogP contribution in [0.2, 0.25) is 0 Å². The molecule has 0 N–H and O–H groups in total. The standard InChI is InChI=1S/C11H16INO4/c1-11(2,3)17-10(16)13-5-4-7(14)6-8(13)9(12)15/h8H,4-6H2,1-3H3. The first-order valence-electron chi connectivity index (χ1n) is 5.41. The molecule has 0 bridgehead atoms. The molecule has 0 aromatic rings. The van der Waals surface area contributed by atoms with E-state index >= 15 is 0 Å². The van der Waals surface area contributed by atoms with Gasteiger partial charge in [-0.15, -0.1) is 0 Å². The van der Waals surface area contributed by atoms with E-state index in [0.29, 0.717) is 6.42 Å². The molecule has 1 fully saturated rings. The van der Waals surface area contributed by atoms with Gasteiger partial charge in [0.15, 0.2) is 0 Å². The number of nitrogens with zero attached hydrogens (tertiary/aromatic N) is 1. The Labute approximate surface area is 114 Å². The van der Waals surface area contributed by atoms with Gasteiger partial charge in [-0.3, -0.25) is 14.5 Å². The fraction of sp³-hybridized carbons (Fsp3) is 0.727. The molecule has 1 rings (SSSR count). The first-order valence-corrected chi connectivity index (χ1v) is 6.49. The lowest BCUT2D eigenvalue weighted by molar-refractivity contribution is -0.127. The number of Topliss-reactive ketones (excluding diaryl/α,β-unsaturated/α-hetero) is 1. The maximum Gasteiger partial charge on any atom is 0.410 e. The summed E-state index contributed by atoms with van der Waals surface area (Å²) < 4.78 is 5.01. The first-order chi connectivity index (χ1) is 7.70. The second-order valence-electron chi connectivity index (χ2n) is 4.99. The van der Waals surface area contributed by atoms with Crippen LogP contribution in [0.25, 0.3) is 0 Å². The Morgan fingerprint density at radius 1 is 1.41 bits per heavy atom. The van der Waals surface area contributed by atoms with Crippen molar-refractivity contribution in [3.8, 4) is 0 Å². The number of likely N-dealkylation sites (tertiary alicyclic amines) is 1. The summed E-state index contributed by atoms with van der Waals surface area (Å²) in [5.41, 5.74) is -0.600. The van der Waals surface area contributed by atoms with Gasteiger partial charge in [0.25, 0.3) is 0 Å². The van der Waals surface area contributed by atoms with Gasteiger partial charge in [0, 0.05) is 42.0 Å². The Bertz CT molecular complexity index is 348. The smallest absolute Gasteiger partial charge is 0.410 e. The van der Waals surface area contributed by atoms with Gasteiger partial charge < -0.3 is 4.74 Å². The largest absolute Gasteiger partial charge is 0.444 e. The van der Waals surface area contributed by atoms with Gasteiger partial charge in [-0.05, 0) is 20.8 Å². The molecule has 1 unspecified atom stereocenters. The van der Waals surface area contributed by atoms with Crippen LogP contribution >= 0.6 is 22.6 Å². The van der Waals surface area contributed by atoms with Crippen LogP contribution in [0.15, 0.2) is 0 Å². The molecule has 0 spiro atoms. The molecule has 0 aliphatic carbocycles. The number of carbonyl (C=O) groups is 3. The van der Waals surface area contributed by atoms with E-state index < -0.39 is 17.7 Å². The quantitative estimate of drug-likeness (QED) is 0.534. The zero-order valence-corrected chi connectivity index (χ0v) is 12.3. The highest BCUT2D eigenvalue weighted by molar-refractivity contribution is 14.1. The molecule has 1 aliphatic heterocycles. The number of ketones is 1. The number of amides is 1. The van der Waals surface area contributed by atoms with E-state index in [-0.39, 0.29) is 22.5 Å². The summed E-state index contributed by atoms with van der Waals surface area (Å²) in [6, 6.07) is -0.674. The van der Waals surface area contributed by atoms with Crippen molar-refractivity contribution in [3.05, 3.63) is 0 Å². The Morgan fingerprint density at radius 3 is 2.47 bits per heavy atom. The third-order valence-electron chi connectivity index (χ3n) is 2.32. The predicted octanol–water partition coefficient (Wildman–Crippen LogP) is 1.92. The molecule has 17 heavy (non-hydrogen) atoms. The van der Waals surface area contributed by atoms with Crippen molar-refractivity contribution in [1.29, 1.82) is 0 Å². The van der Waals surface area contributed by atoms with E-state index in [1.165, 1.54) is 4.90 Å². The molecule has 6 heteroatoms. The van der Waals surface area contributed by atoms with E-state index in [4.69, 9.17) is 4.74 Å². The fourth-order valence-corrected chi connectivity index (χ4v) is 2.13. The second kappa shape index (κ2) is 5.32. The second-order valence-corrected chi connectivity index (χ2v) is 6.05. The van der Waals surface area contributed by atoms with Crippen LogP contribution in [0.3, 0.4) is 0 Å². The summed E-state index contributed by atoms with van der Waals surface area (Å²) in [6.45, 7) is 5.55. The van der Waals surface area contributed by atoms with Crippen molar-refractivity contribution < 1.29 is 19.1 Å². The van der Waals surface area contributed by atoms with Crippen LogP contribution in [0.4, 0.5) is 4.79 Å². The SMILES string of the molecule is CC(C)(C)OC(=O)N1CCC(=O)CC1C(=O)I. The third kappa shape index (κ3) is 4.25. The van der Waals surface area contributed by atoms with E-state index in [9.17, 15) is 14.4 Å². The third-order valence-corrected chi connectivity index (χ3v) is 3.04. The Kier molecular flexibility index (Phi) is 4.51. The average Bonchev–Trinajstić information content (AvgIpc) is 2.14. The summed E-state index contributed by atoms with van der Waals surface area (Å²) in [7, 11) is 0. The van der Waals surface area contributed by atoms with Gasteiger partial charge in [0.2, 0.25) is 3.79 Å². The van der Waals surface area contributed by atoms with Gasteiger partial charge in [-0.2, -0.15) is 0 Å². The van der Waals surface area contributed by atoms with Crippen LogP contribution in [0, 0.1) is 0 Å². The molecule has 5 nitrogen and oxygen atoms in total. The predicted molar refractivity (Wildman–Crippen MR) is 70.0 cm³/mol. The first kappa shape index (κ1) is 14.4. The topological polar surface area (TPSA) is 63.7 Å². The van der Waals surface area contributed by atoms with Crippen molar-refractivity contribution in [2.24, 2.45) is 0 Å². The molecule has 96 valence electrons. The van der Waals surface area contributed by atoms with Gasteiger partial charge in [0.05, 0.1) is 0 Å². The molecule has 0 radical (unpaired) electrons. The molecule has 1 aliphatic rings. The average molecular weight is 353 g/mol. The minimum absolute atomic E-state index is 0.0137. The molecule has 1 amide bonds. The summed E-state index contributed by atoms with van der Waals surface area (Å²) >= 11 is 1.62. The highest BCUT2D eigenvalue weighted by Crippen LogP contribution is 2.20. The number of hydrogen-bond donors (Lipinski definition) is 0. The lowest BCUT2D eigenvalue weighted by Crippen LogP contribution is -2.50. The number of halogens is 1. The molecule has 1 atom stereocenters. The van der Waals surface area contributed by atoms with Crippen LogP contribution in [0.1, 0.15) is 33.6 Å². The maximum absolute atomic E-state index is 11.9. The normalized spacial score (nSPS) is 21.3. The summed E-state index contributed by atoms with van der Waals surface area (Å²) in [6.07, 6.45) is -0.138. The Morgan fingerprint density at radius 2 is 2.00 bits per heavy atom. The Hall–Kier alpha value is -0.660. The lowest BCUT2D eigenvalue weighted by Gasteiger charge is -2.34. The van der Waals surface area contributed by atoms with Gasteiger partial charge >= 0.3 is 6.09 Å². The zero-order valence-electron chi connectivity index (χ0n) is 10.2. The molecule has 0 saturated carbocycles. The molecule has 1 saturated heterocycles. The van der Waals surface area contributed by atoms with E-state index in [0.717, 1.165) is 0 Å². The van der Waals surface area contributed by atoms with E-state index in [2.05, 4.69) is 0 Å². The van der Waals surface area contributed by atoms with Crippen LogP contribution < -0.4 is 0 Å². The molecule has 0 aromatic heterocycles. The van der Waals surface area contributed by atoms with Crippen LogP contribution in [-0.2, 0) is 14.3 Å².